The first-order chi connectivity index (χ1) is 6.31. The summed E-state index contributed by atoms with van der Waals surface area (Å²) in [6.07, 6.45) is 0. The van der Waals surface area contributed by atoms with E-state index in [0.717, 1.165) is 16.3 Å². The predicted octanol–water partition coefficient (Wildman–Crippen LogP) is 2.99. The molecule has 0 fully saturated rings. The highest BCUT2D eigenvalue weighted by Gasteiger charge is 2.00. The maximum atomic E-state index is 8.99. The molecule has 0 aliphatic heterocycles. The number of aliphatic hydroxyl groups is 1. The van der Waals surface area contributed by atoms with Crippen molar-refractivity contribution in [2.75, 3.05) is 0 Å². The van der Waals surface area contributed by atoms with Crippen molar-refractivity contribution in [3.63, 3.8) is 0 Å². The molecule has 2 aromatic rings. The largest absolute Gasteiger partial charge is 0.392 e. The monoisotopic (exact) mass is 192 g/mol. The van der Waals surface area contributed by atoms with E-state index in [1.54, 1.807) is 0 Å². The van der Waals surface area contributed by atoms with Gasteiger partial charge in [-0.05, 0) is 28.5 Å². The van der Waals surface area contributed by atoms with Gasteiger partial charge in [-0.15, -0.1) is 0 Å². The summed E-state index contributed by atoms with van der Waals surface area (Å²) in [5, 5.41) is 11.8. The maximum absolute atomic E-state index is 8.99. The van der Waals surface area contributed by atoms with E-state index < -0.39 is 0 Å². The normalized spacial score (nSPS) is 10.6. The van der Waals surface area contributed by atoms with Crippen LogP contribution in [0.25, 0.3) is 10.8 Å². The standard InChI is InChI=1S/C11H9ClO/c12-11-6-9-4-2-1-3-8(9)5-10(11)7-13/h1-6,13H,7H2. The molecule has 0 heterocycles. The average Bonchev–Trinajstić information content (AvgIpc) is 2.17. The zero-order valence-electron chi connectivity index (χ0n) is 7.00. The van der Waals surface area contributed by atoms with Crippen LogP contribution in [0.4, 0.5) is 0 Å². The summed E-state index contributed by atoms with van der Waals surface area (Å²) in [6.45, 7) is -0.0103. The third-order valence-corrected chi connectivity index (χ3v) is 2.44. The van der Waals surface area contributed by atoms with Gasteiger partial charge in [-0.25, -0.2) is 0 Å². The first-order valence-electron chi connectivity index (χ1n) is 4.09. The summed E-state index contributed by atoms with van der Waals surface area (Å²) < 4.78 is 0. The summed E-state index contributed by atoms with van der Waals surface area (Å²) >= 11 is 5.94. The molecule has 0 spiro atoms. The zero-order valence-corrected chi connectivity index (χ0v) is 7.75. The molecule has 0 aliphatic rings. The third-order valence-electron chi connectivity index (χ3n) is 2.09. The van der Waals surface area contributed by atoms with E-state index in [9.17, 15) is 0 Å². The van der Waals surface area contributed by atoms with Gasteiger partial charge in [0.2, 0.25) is 0 Å². The van der Waals surface area contributed by atoms with Crippen LogP contribution in [0.1, 0.15) is 5.56 Å². The number of rotatable bonds is 1. The third kappa shape index (κ3) is 1.53. The lowest BCUT2D eigenvalue weighted by atomic mass is 10.1. The quantitative estimate of drug-likeness (QED) is 0.737. The first-order valence-corrected chi connectivity index (χ1v) is 4.47. The number of benzene rings is 2. The molecule has 66 valence electrons. The van der Waals surface area contributed by atoms with Crippen LogP contribution in [0.5, 0.6) is 0 Å². The van der Waals surface area contributed by atoms with Crippen LogP contribution in [0, 0.1) is 0 Å². The van der Waals surface area contributed by atoms with Crippen LogP contribution in [-0.2, 0) is 6.61 Å². The summed E-state index contributed by atoms with van der Waals surface area (Å²) in [4.78, 5) is 0. The minimum absolute atomic E-state index is 0.0103. The van der Waals surface area contributed by atoms with Gasteiger partial charge in [-0.3, -0.25) is 0 Å². The first kappa shape index (κ1) is 8.54. The second-order valence-corrected chi connectivity index (χ2v) is 3.36. The molecule has 1 nitrogen and oxygen atoms in total. The lowest BCUT2D eigenvalue weighted by Gasteiger charge is -2.03. The highest BCUT2D eigenvalue weighted by atomic mass is 35.5. The molecule has 2 heteroatoms. The van der Waals surface area contributed by atoms with E-state index in [4.69, 9.17) is 16.7 Å². The van der Waals surface area contributed by atoms with Crippen molar-refractivity contribution in [1.82, 2.24) is 0 Å². The Morgan fingerprint density at radius 3 is 2.31 bits per heavy atom. The Bertz CT molecular complexity index is 437. The Hall–Kier alpha value is -1.05. The molecule has 0 aliphatic carbocycles. The molecule has 0 aromatic heterocycles. The molecule has 0 saturated heterocycles. The summed E-state index contributed by atoms with van der Waals surface area (Å²) in [5.41, 5.74) is 0.778. The second kappa shape index (κ2) is 3.36. The van der Waals surface area contributed by atoms with E-state index in [0.29, 0.717) is 5.02 Å². The molecule has 0 radical (unpaired) electrons. The molecule has 2 rings (SSSR count). The summed E-state index contributed by atoms with van der Waals surface area (Å²) in [6, 6.07) is 11.7. The molecule has 0 atom stereocenters. The molecule has 0 bridgehead atoms. The van der Waals surface area contributed by atoms with Crippen molar-refractivity contribution >= 4 is 22.4 Å². The van der Waals surface area contributed by atoms with Crippen LogP contribution in [0.2, 0.25) is 5.02 Å². The minimum atomic E-state index is -0.0103. The van der Waals surface area contributed by atoms with Gasteiger partial charge >= 0.3 is 0 Å². The van der Waals surface area contributed by atoms with Gasteiger partial charge in [0.1, 0.15) is 0 Å². The van der Waals surface area contributed by atoms with Gasteiger partial charge in [0, 0.05) is 5.02 Å². The van der Waals surface area contributed by atoms with Crippen molar-refractivity contribution < 1.29 is 5.11 Å². The van der Waals surface area contributed by atoms with Crippen LogP contribution < -0.4 is 0 Å². The van der Waals surface area contributed by atoms with Crippen molar-refractivity contribution in [3.05, 3.63) is 47.0 Å². The molecule has 1 N–H and O–H groups in total. The van der Waals surface area contributed by atoms with Crippen molar-refractivity contribution in [3.8, 4) is 0 Å². The van der Waals surface area contributed by atoms with Gasteiger partial charge in [0.15, 0.2) is 0 Å². The molecule has 0 unspecified atom stereocenters. The molecule has 0 saturated carbocycles. The fraction of sp³-hybridized carbons (Fsp3) is 0.0909. The molecule has 0 amide bonds. The fourth-order valence-corrected chi connectivity index (χ4v) is 1.61. The topological polar surface area (TPSA) is 20.2 Å². The summed E-state index contributed by atoms with van der Waals surface area (Å²) in [7, 11) is 0. The van der Waals surface area contributed by atoms with E-state index in [-0.39, 0.29) is 6.61 Å². The van der Waals surface area contributed by atoms with Crippen molar-refractivity contribution in [2.45, 2.75) is 6.61 Å². The van der Waals surface area contributed by atoms with E-state index in [2.05, 4.69) is 0 Å². The second-order valence-electron chi connectivity index (χ2n) is 2.95. The van der Waals surface area contributed by atoms with E-state index in [1.165, 1.54) is 0 Å². The van der Waals surface area contributed by atoms with Crippen LogP contribution >= 0.6 is 11.6 Å². The molecule has 2 aromatic carbocycles. The van der Waals surface area contributed by atoms with Crippen LogP contribution in [-0.4, -0.2) is 5.11 Å². The van der Waals surface area contributed by atoms with Gasteiger partial charge in [0.25, 0.3) is 0 Å². The Labute approximate surface area is 81.6 Å². The number of fused-ring (bicyclic) bond motifs is 1. The van der Waals surface area contributed by atoms with Gasteiger partial charge in [-0.1, -0.05) is 35.9 Å². The van der Waals surface area contributed by atoms with Crippen LogP contribution in [0.15, 0.2) is 36.4 Å². The highest BCUT2D eigenvalue weighted by Crippen LogP contribution is 2.23. The molecular weight excluding hydrogens is 184 g/mol. The molecule has 13 heavy (non-hydrogen) atoms. The predicted molar refractivity (Wildman–Crippen MR) is 54.9 cm³/mol. The van der Waals surface area contributed by atoms with Gasteiger partial charge in [0.05, 0.1) is 6.61 Å². The lowest BCUT2D eigenvalue weighted by molar-refractivity contribution is 0.282. The molecular formula is C11H9ClO. The Morgan fingerprint density at radius 1 is 1.08 bits per heavy atom. The van der Waals surface area contributed by atoms with Gasteiger partial charge in [-0.2, -0.15) is 0 Å². The Balaban J connectivity index is 2.74. The van der Waals surface area contributed by atoms with E-state index in [1.807, 2.05) is 36.4 Å². The smallest absolute Gasteiger partial charge is 0.0696 e. The van der Waals surface area contributed by atoms with Crippen molar-refractivity contribution in [2.24, 2.45) is 0 Å². The summed E-state index contributed by atoms with van der Waals surface area (Å²) in [5.74, 6) is 0. The van der Waals surface area contributed by atoms with Gasteiger partial charge < -0.3 is 5.11 Å². The van der Waals surface area contributed by atoms with E-state index >= 15 is 0 Å². The Kier molecular flexibility index (Phi) is 2.21. The SMILES string of the molecule is OCc1cc2ccccc2cc1Cl. The minimum Gasteiger partial charge on any atom is -0.392 e. The number of halogens is 1. The maximum Gasteiger partial charge on any atom is 0.0696 e. The number of aliphatic hydroxyl groups excluding tert-OH is 1. The average molecular weight is 193 g/mol. The van der Waals surface area contributed by atoms with Crippen LogP contribution in [0.3, 0.4) is 0 Å². The van der Waals surface area contributed by atoms with Crippen molar-refractivity contribution in [1.29, 1.82) is 0 Å². The Morgan fingerprint density at radius 2 is 1.69 bits per heavy atom. The highest BCUT2D eigenvalue weighted by molar-refractivity contribution is 6.32. The number of hydrogen-bond acceptors (Lipinski definition) is 1. The number of hydrogen-bond donors (Lipinski definition) is 1. The fourth-order valence-electron chi connectivity index (χ4n) is 1.38. The lowest BCUT2D eigenvalue weighted by Crippen LogP contribution is -1.84. The zero-order chi connectivity index (χ0) is 9.26.